The molecule has 1 aliphatic heterocycles. The van der Waals surface area contributed by atoms with Gasteiger partial charge in [-0.1, -0.05) is 6.07 Å². The Labute approximate surface area is 153 Å². The van der Waals surface area contributed by atoms with Crippen LogP contribution in [0.5, 0.6) is 17.2 Å². The Morgan fingerprint density at radius 3 is 2.42 bits per heavy atom. The van der Waals surface area contributed by atoms with Gasteiger partial charge in [0.05, 0.1) is 21.3 Å². The molecule has 0 bridgehead atoms. The van der Waals surface area contributed by atoms with Crippen molar-refractivity contribution in [2.45, 2.75) is 13.0 Å². The van der Waals surface area contributed by atoms with Crippen LogP contribution < -0.4 is 14.2 Å². The van der Waals surface area contributed by atoms with Crippen molar-refractivity contribution in [1.82, 2.24) is 4.90 Å². The highest BCUT2D eigenvalue weighted by molar-refractivity contribution is 5.92. The van der Waals surface area contributed by atoms with Crippen LogP contribution in [0.25, 0.3) is 6.08 Å². The molecule has 0 spiro atoms. The van der Waals surface area contributed by atoms with Gasteiger partial charge in [0.25, 0.3) is 0 Å². The van der Waals surface area contributed by atoms with Crippen LogP contribution in [0.1, 0.15) is 16.7 Å². The molecule has 0 fully saturated rings. The van der Waals surface area contributed by atoms with Crippen molar-refractivity contribution >= 4 is 12.0 Å². The van der Waals surface area contributed by atoms with Crippen molar-refractivity contribution in [1.29, 1.82) is 0 Å². The minimum atomic E-state index is -0.0247. The molecule has 5 heteroatoms. The Kier molecular flexibility index (Phi) is 5.46. The Morgan fingerprint density at radius 1 is 0.962 bits per heavy atom. The second kappa shape index (κ2) is 7.95. The van der Waals surface area contributed by atoms with Crippen molar-refractivity contribution in [2.75, 3.05) is 27.9 Å². The summed E-state index contributed by atoms with van der Waals surface area (Å²) >= 11 is 0. The second-order valence-corrected chi connectivity index (χ2v) is 6.09. The van der Waals surface area contributed by atoms with E-state index >= 15 is 0 Å². The lowest BCUT2D eigenvalue weighted by atomic mass is 9.99. The van der Waals surface area contributed by atoms with Crippen LogP contribution >= 0.6 is 0 Å². The number of methoxy groups -OCH3 is 3. The van der Waals surface area contributed by atoms with Crippen LogP contribution in [0.3, 0.4) is 0 Å². The van der Waals surface area contributed by atoms with Gasteiger partial charge in [-0.15, -0.1) is 0 Å². The lowest BCUT2D eigenvalue weighted by Gasteiger charge is -2.28. The summed E-state index contributed by atoms with van der Waals surface area (Å²) in [6.07, 6.45) is 4.20. The molecule has 0 unspecified atom stereocenters. The Hall–Kier alpha value is -2.95. The van der Waals surface area contributed by atoms with Gasteiger partial charge in [-0.05, 0) is 54.0 Å². The zero-order valence-corrected chi connectivity index (χ0v) is 15.3. The van der Waals surface area contributed by atoms with E-state index in [1.165, 1.54) is 5.56 Å². The van der Waals surface area contributed by atoms with E-state index in [0.29, 0.717) is 18.8 Å². The minimum Gasteiger partial charge on any atom is -0.497 e. The van der Waals surface area contributed by atoms with E-state index in [2.05, 4.69) is 6.07 Å². The number of rotatable bonds is 5. The van der Waals surface area contributed by atoms with Gasteiger partial charge in [0.15, 0.2) is 0 Å². The van der Waals surface area contributed by atoms with Gasteiger partial charge in [0, 0.05) is 24.7 Å². The first-order valence-corrected chi connectivity index (χ1v) is 8.49. The molecular formula is C21H23NO4. The monoisotopic (exact) mass is 353 g/mol. The second-order valence-electron chi connectivity index (χ2n) is 6.09. The maximum absolute atomic E-state index is 12.6. The zero-order chi connectivity index (χ0) is 18.5. The van der Waals surface area contributed by atoms with E-state index in [0.717, 1.165) is 29.0 Å². The molecule has 0 N–H and O–H groups in total. The van der Waals surface area contributed by atoms with E-state index in [4.69, 9.17) is 14.2 Å². The average Bonchev–Trinajstić information content (AvgIpc) is 2.70. The lowest BCUT2D eigenvalue weighted by molar-refractivity contribution is -0.126. The first-order chi connectivity index (χ1) is 12.6. The van der Waals surface area contributed by atoms with E-state index in [9.17, 15) is 4.79 Å². The summed E-state index contributed by atoms with van der Waals surface area (Å²) in [6.45, 7) is 1.29. The topological polar surface area (TPSA) is 48.0 Å². The number of hydrogen-bond donors (Lipinski definition) is 0. The fourth-order valence-electron chi connectivity index (χ4n) is 3.08. The van der Waals surface area contributed by atoms with Gasteiger partial charge < -0.3 is 19.1 Å². The fraction of sp³-hybridized carbons (Fsp3) is 0.286. The molecule has 26 heavy (non-hydrogen) atoms. The smallest absolute Gasteiger partial charge is 0.246 e. The molecular weight excluding hydrogens is 330 g/mol. The van der Waals surface area contributed by atoms with Crippen LogP contribution in [0.4, 0.5) is 0 Å². The van der Waals surface area contributed by atoms with E-state index in [1.54, 1.807) is 33.5 Å². The third-order valence-electron chi connectivity index (χ3n) is 4.58. The highest BCUT2D eigenvalue weighted by Gasteiger charge is 2.19. The zero-order valence-electron chi connectivity index (χ0n) is 15.3. The molecule has 1 amide bonds. The van der Waals surface area contributed by atoms with Crippen LogP contribution in [0, 0.1) is 0 Å². The van der Waals surface area contributed by atoms with Crippen molar-refractivity contribution in [3.8, 4) is 17.2 Å². The van der Waals surface area contributed by atoms with E-state index in [1.807, 2.05) is 35.2 Å². The molecule has 0 aromatic heterocycles. The minimum absolute atomic E-state index is 0.0247. The summed E-state index contributed by atoms with van der Waals surface area (Å²) in [7, 11) is 4.87. The number of benzene rings is 2. The number of amides is 1. The van der Waals surface area contributed by atoms with E-state index < -0.39 is 0 Å². The number of hydrogen-bond acceptors (Lipinski definition) is 4. The predicted octanol–water partition coefficient (Wildman–Crippen LogP) is 3.31. The average molecular weight is 353 g/mol. The maximum Gasteiger partial charge on any atom is 0.246 e. The molecule has 0 saturated heterocycles. The summed E-state index contributed by atoms with van der Waals surface area (Å²) in [6, 6.07) is 11.5. The molecule has 0 atom stereocenters. The number of carbonyl (C=O) groups is 1. The van der Waals surface area contributed by atoms with Gasteiger partial charge in [0.1, 0.15) is 17.2 Å². The van der Waals surface area contributed by atoms with Crippen molar-refractivity contribution in [2.24, 2.45) is 0 Å². The number of carbonyl (C=O) groups excluding carboxylic acids is 1. The highest BCUT2D eigenvalue weighted by Crippen LogP contribution is 2.26. The number of nitrogens with zero attached hydrogens (tertiary/aromatic N) is 1. The Morgan fingerprint density at radius 2 is 1.69 bits per heavy atom. The SMILES string of the molecule is COc1ccc(OC)c(/C=C/C(=O)N2CCc3ccc(OC)cc3C2)c1. The van der Waals surface area contributed by atoms with Crippen LogP contribution in [-0.2, 0) is 17.8 Å². The molecule has 0 saturated carbocycles. The first kappa shape index (κ1) is 17.9. The van der Waals surface area contributed by atoms with Crippen molar-refractivity contribution in [3.05, 3.63) is 59.2 Å². The first-order valence-electron chi connectivity index (χ1n) is 8.49. The summed E-state index contributed by atoms with van der Waals surface area (Å²) in [5.74, 6) is 2.21. The molecule has 136 valence electrons. The standard InChI is InChI=1S/C21H23NO4/c1-24-18-6-4-15-10-11-22(14-17(15)13-18)21(23)9-5-16-12-19(25-2)7-8-20(16)26-3/h4-9,12-13H,10-11,14H2,1-3H3/b9-5+. The van der Waals surface area contributed by atoms with Crippen molar-refractivity contribution < 1.29 is 19.0 Å². The molecule has 2 aromatic carbocycles. The molecule has 1 aliphatic rings. The van der Waals surface area contributed by atoms with Crippen LogP contribution in [0.2, 0.25) is 0 Å². The number of ether oxygens (including phenoxy) is 3. The van der Waals surface area contributed by atoms with Crippen LogP contribution in [0.15, 0.2) is 42.5 Å². The molecule has 1 heterocycles. The van der Waals surface area contributed by atoms with E-state index in [-0.39, 0.29) is 5.91 Å². The molecule has 5 nitrogen and oxygen atoms in total. The van der Waals surface area contributed by atoms with Gasteiger partial charge in [-0.2, -0.15) is 0 Å². The maximum atomic E-state index is 12.6. The summed E-state index contributed by atoms with van der Waals surface area (Å²) in [4.78, 5) is 14.5. The molecule has 0 radical (unpaired) electrons. The highest BCUT2D eigenvalue weighted by atomic mass is 16.5. The summed E-state index contributed by atoms with van der Waals surface area (Å²) in [5.41, 5.74) is 3.21. The molecule has 3 rings (SSSR count). The summed E-state index contributed by atoms with van der Waals surface area (Å²) < 4.78 is 15.9. The summed E-state index contributed by atoms with van der Waals surface area (Å²) in [5, 5.41) is 0. The largest absolute Gasteiger partial charge is 0.497 e. The Bertz CT molecular complexity index is 829. The van der Waals surface area contributed by atoms with Crippen molar-refractivity contribution in [3.63, 3.8) is 0 Å². The lowest BCUT2D eigenvalue weighted by Crippen LogP contribution is -2.34. The van der Waals surface area contributed by atoms with Crippen LogP contribution in [-0.4, -0.2) is 38.7 Å². The Balaban J connectivity index is 1.75. The third-order valence-corrected chi connectivity index (χ3v) is 4.58. The van der Waals surface area contributed by atoms with Gasteiger partial charge in [0.2, 0.25) is 5.91 Å². The van der Waals surface area contributed by atoms with Gasteiger partial charge in [-0.25, -0.2) is 0 Å². The van der Waals surface area contributed by atoms with Gasteiger partial charge in [-0.3, -0.25) is 4.79 Å². The number of fused-ring (bicyclic) bond motifs is 1. The third kappa shape index (κ3) is 3.82. The predicted molar refractivity (Wildman–Crippen MR) is 101 cm³/mol. The normalized spacial score (nSPS) is 13.4. The molecule has 0 aliphatic carbocycles. The van der Waals surface area contributed by atoms with Gasteiger partial charge >= 0.3 is 0 Å². The molecule has 2 aromatic rings. The quantitative estimate of drug-likeness (QED) is 0.774. The fourth-order valence-corrected chi connectivity index (χ4v) is 3.08.